The zero-order chi connectivity index (χ0) is 17.0. The number of allylic oxidation sites excluding steroid dienone is 1. The maximum atomic E-state index is 11.9. The van der Waals surface area contributed by atoms with Gasteiger partial charge in [0.25, 0.3) is 0 Å². The summed E-state index contributed by atoms with van der Waals surface area (Å²) in [6.07, 6.45) is 5.99. The summed E-state index contributed by atoms with van der Waals surface area (Å²) in [5.74, 6) is 1.04. The quantitative estimate of drug-likeness (QED) is 0.595. The summed E-state index contributed by atoms with van der Waals surface area (Å²) >= 11 is 0. The largest absolute Gasteiger partial charge is 0.449 e. The average Bonchev–Trinajstić information content (AvgIpc) is 2.52. The van der Waals surface area contributed by atoms with Gasteiger partial charge in [-0.2, -0.15) is 0 Å². The molecule has 0 aromatic rings. The van der Waals surface area contributed by atoms with Crippen LogP contribution in [0.15, 0.2) is 24.3 Å². The highest BCUT2D eigenvalue weighted by Gasteiger charge is 2.53. The van der Waals surface area contributed by atoms with Crippen molar-refractivity contribution in [2.45, 2.75) is 46.6 Å². The number of hydrogen-bond acceptors (Lipinski definition) is 3. The van der Waals surface area contributed by atoms with E-state index >= 15 is 0 Å². The molecule has 0 aromatic carbocycles. The topological polar surface area (TPSA) is 47.6 Å². The highest BCUT2D eigenvalue weighted by Crippen LogP contribution is 2.52. The number of carbonyl (C=O) groups excluding carboxylic acids is 1. The zero-order valence-electron chi connectivity index (χ0n) is 14.9. The summed E-state index contributed by atoms with van der Waals surface area (Å²) in [5, 5.41) is 2.82. The van der Waals surface area contributed by atoms with Gasteiger partial charge in [0.15, 0.2) is 0 Å². The number of carbonyl (C=O) groups is 1. The SMILES string of the molecule is C=C[C@H]1OC[C@]2(COC(=O)NCCCC)[C@H](C)[C@H]1C(C)=C[C@@H]2C. The fourth-order valence-corrected chi connectivity index (χ4v) is 4.14. The monoisotopic (exact) mass is 321 g/mol. The molecule has 0 saturated carbocycles. The molecule has 4 nitrogen and oxygen atoms in total. The van der Waals surface area contributed by atoms with Gasteiger partial charge >= 0.3 is 6.09 Å². The van der Waals surface area contributed by atoms with Crippen LogP contribution in [0.1, 0.15) is 40.5 Å². The molecule has 2 rings (SSSR count). The van der Waals surface area contributed by atoms with Crippen LogP contribution in [0.5, 0.6) is 0 Å². The second-order valence-corrected chi connectivity index (χ2v) is 7.11. The summed E-state index contributed by atoms with van der Waals surface area (Å²) < 4.78 is 11.6. The summed E-state index contributed by atoms with van der Waals surface area (Å²) in [6, 6.07) is 0. The van der Waals surface area contributed by atoms with Crippen LogP contribution in [0.4, 0.5) is 4.79 Å². The Labute approximate surface area is 140 Å². The molecule has 130 valence electrons. The smallest absolute Gasteiger partial charge is 0.407 e. The lowest BCUT2D eigenvalue weighted by Crippen LogP contribution is -2.56. The van der Waals surface area contributed by atoms with Crippen molar-refractivity contribution in [2.75, 3.05) is 19.8 Å². The van der Waals surface area contributed by atoms with Gasteiger partial charge in [-0.15, -0.1) is 6.58 Å². The van der Waals surface area contributed by atoms with Crippen LogP contribution < -0.4 is 5.32 Å². The Morgan fingerprint density at radius 1 is 1.57 bits per heavy atom. The molecule has 1 aliphatic heterocycles. The maximum absolute atomic E-state index is 11.9. The Hall–Kier alpha value is -1.29. The molecule has 0 spiro atoms. The highest BCUT2D eigenvalue weighted by molar-refractivity contribution is 5.67. The molecule has 1 N–H and O–H groups in total. The molecule has 1 amide bonds. The first-order valence-electron chi connectivity index (χ1n) is 8.79. The molecule has 0 aromatic heterocycles. The van der Waals surface area contributed by atoms with Crippen LogP contribution in [0.25, 0.3) is 0 Å². The minimum atomic E-state index is -0.319. The Morgan fingerprint density at radius 2 is 2.30 bits per heavy atom. The number of amides is 1. The summed E-state index contributed by atoms with van der Waals surface area (Å²) in [4.78, 5) is 11.9. The predicted octanol–water partition coefficient (Wildman–Crippen LogP) is 3.93. The van der Waals surface area contributed by atoms with E-state index in [1.54, 1.807) is 0 Å². The van der Waals surface area contributed by atoms with Crippen molar-refractivity contribution in [3.05, 3.63) is 24.3 Å². The van der Waals surface area contributed by atoms with Crippen LogP contribution in [0.3, 0.4) is 0 Å². The lowest BCUT2D eigenvalue weighted by Gasteiger charge is -2.54. The molecule has 2 bridgehead atoms. The van der Waals surface area contributed by atoms with Gasteiger partial charge in [0.05, 0.1) is 12.7 Å². The standard InChI is InChI=1S/C19H31NO3/c1-6-8-9-20-18(21)23-12-19-11-22-16(7-2)17(15(19)5)13(3)10-14(19)4/h7,10,14-17H,2,6,8-9,11-12H2,1,3-5H3,(H,20,21)/t14-,15+,16+,17+,19+/m0/s1. The first-order valence-corrected chi connectivity index (χ1v) is 8.79. The molecule has 1 aliphatic carbocycles. The lowest BCUT2D eigenvalue weighted by molar-refractivity contribution is -0.148. The average molecular weight is 321 g/mol. The molecule has 2 aliphatic rings. The van der Waals surface area contributed by atoms with Crippen LogP contribution in [-0.4, -0.2) is 32.0 Å². The second kappa shape index (κ2) is 7.52. The fraction of sp³-hybridized carbons (Fsp3) is 0.737. The number of ether oxygens (including phenoxy) is 2. The third-order valence-electron chi connectivity index (χ3n) is 5.79. The van der Waals surface area contributed by atoms with Crippen molar-refractivity contribution in [1.82, 2.24) is 5.32 Å². The molecule has 23 heavy (non-hydrogen) atoms. The van der Waals surface area contributed by atoms with Gasteiger partial charge in [0.1, 0.15) is 6.61 Å². The maximum Gasteiger partial charge on any atom is 0.407 e. The van der Waals surface area contributed by atoms with Gasteiger partial charge in [-0.1, -0.05) is 44.9 Å². The van der Waals surface area contributed by atoms with Crippen molar-refractivity contribution in [2.24, 2.45) is 23.2 Å². The van der Waals surface area contributed by atoms with Crippen molar-refractivity contribution >= 4 is 6.09 Å². The highest BCUT2D eigenvalue weighted by atomic mass is 16.6. The van der Waals surface area contributed by atoms with Crippen LogP contribution in [0.2, 0.25) is 0 Å². The molecular weight excluding hydrogens is 290 g/mol. The van der Waals surface area contributed by atoms with Gasteiger partial charge in [-0.25, -0.2) is 4.79 Å². The number of alkyl carbamates (subject to hydrolysis) is 1. The van der Waals surface area contributed by atoms with Gasteiger partial charge in [0.2, 0.25) is 0 Å². The van der Waals surface area contributed by atoms with Gasteiger partial charge in [-0.05, 0) is 25.2 Å². The van der Waals surface area contributed by atoms with E-state index in [1.165, 1.54) is 5.57 Å². The Morgan fingerprint density at radius 3 is 2.96 bits per heavy atom. The second-order valence-electron chi connectivity index (χ2n) is 7.11. The van der Waals surface area contributed by atoms with Gasteiger partial charge < -0.3 is 14.8 Å². The molecule has 0 radical (unpaired) electrons. The molecule has 1 fully saturated rings. The number of rotatable bonds is 6. The minimum Gasteiger partial charge on any atom is -0.449 e. The zero-order valence-corrected chi connectivity index (χ0v) is 14.9. The van der Waals surface area contributed by atoms with Gasteiger partial charge in [-0.3, -0.25) is 0 Å². The number of nitrogens with one attached hydrogen (secondary N) is 1. The fourth-order valence-electron chi connectivity index (χ4n) is 4.14. The molecule has 4 heteroatoms. The number of hydrogen-bond donors (Lipinski definition) is 1. The van der Waals surface area contributed by atoms with E-state index in [9.17, 15) is 4.79 Å². The van der Waals surface area contributed by atoms with Crippen molar-refractivity contribution in [3.63, 3.8) is 0 Å². The van der Waals surface area contributed by atoms with E-state index in [2.05, 4.69) is 45.7 Å². The Balaban J connectivity index is 2.07. The van der Waals surface area contributed by atoms with E-state index in [0.29, 0.717) is 37.5 Å². The molecular formula is C19H31NO3. The summed E-state index contributed by atoms with van der Waals surface area (Å²) in [5.41, 5.74) is 1.21. The normalized spacial score (nSPS) is 36.1. The summed E-state index contributed by atoms with van der Waals surface area (Å²) in [7, 11) is 0. The van der Waals surface area contributed by atoms with Crippen LogP contribution in [0, 0.1) is 23.2 Å². The lowest BCUT2D eigenvalue weighted by atomic mass is 9.56. The van der Waals surface area contributed by atoms with Crippen molar-refractivity contribution in [3.8, 4) is 0 Å². The third-order valence-corrected chi connectivity index (χ3v) is 5.79. The van der Waals surface area contributed by atoms with Gasteiger partial charge in [0, 0.05) is 17.9 Å². The van der Waals surface area contributed by atoms with E-state index in [1.807, 2.05) is 6.08 Å². The third kappa shape index (κ3) is 3.47. The van der Waals surface area contributed by atoms with Crippen molar-refractivity contribution < 1.29 is 14.3 Å². The first kappa shape index (κ1) is 18.1. The summed E-state index contributed by atoms with van der Waals surface area (Å²) in [6.45, 7) is 14.3. The van der Waals surface area contributed by atoms with E-state index < -0.39 is 0 Å². The van der Waals surface area contributed by atoms with E-state index in [0.717, 1.165) is 12.8 Å². The van der Waals surface area contributed by atoms with Crippen LogP contribution >= 0.6 is 0 Å². The molecule has 1 heterocycles. The first-order chi connectivity index (χ1) is 11.0. The Bertz CT molecular complexity index is 473. The minimum absolute atomic E-state index is 0.0558. The van der Waals surface area contributed by atoms with Crippen LogP contribution in [-0.2, 0) is 9.47 Å². The molecule has 1 saturated heterocycles. The molecule has 5 atom stereocenters. The van der Waals surface area contributed by atoms with E-state index in [4.69, 9.17) is 9.47 Å². The van der Waals surface area contributed by atoms with E-state index in [-0.39, 0.29) is 17.6 Å². The van der Waals surface area contributed by atoms with Crippen molar-refractivity contribution in [1.29, 1.82) is 0 Å². The Kier molecular flexibility index (Phi) is 5.90. The number of fused-ring (bicyclic) bond motifs is 2. The molecule has 0 unspecified atom stereocenters. The number of unbranched alkanes of at least 4 members (excludes halogenated alkanes) is 1. The predicted molar refractivity (Wildman–Crippen MR) is 92.2 cm³/mol.